The van der Waals surface area contributed by atoms with E-state index in [1.807, 2.05) is 19.1 Å². The molecule has 0 aromatic carbocycles. The minimum Gasteiger partial charge on any atom is -0.463 e. The van der Waals surface area contributed by atoms with Crippen LogP contribution in [0.3, 0.4) is 0 Å². The van der Waals surface area contributed by atoms with E-state index >= 15 is 0 Å². The second kappa shape index (κ2) is 7.22. The van der Waals surface area contributed by atoms with Crippen LogP contribution in [-0.2, 0) is 14.3 Å². The Balaban J connectivity index is 2.43. The summed E-state index contributed by atoms with van der Waals surface area (Å²) in [5.74, 6) is 0.286. The van der Waals surface area contributed by atoms with Gasteiger partial charge in [-0.3, -0.25) is 9.59 Å². The van der Waals surface area contributed by atoms with Crippen LogP contribution in [0, 0.1) is 11.8 Å². The second-order valence-corrected chi connectivity index (χ2v) is 4.42. The molecule has 1 rings (SSSR count). The van der Waals surface area contributed by atoms with Crippen molar-refractivity contribution in [1.29, 1.82) is 0 Å². The van der Waals surface area contributed by atoms with Crippen LogP contribution in [0.1, 0.15) is 32.6 Å². The molecule has 1 aliphatic carbocycles. The molecule has 0 radical (unpaired) electrons. The van der Waals surface area contributed by atoms with Crippen LogP contribution in [0.25, 0.3) is 0 Å². The number of aliphatic hydroxyl groups excluding tert-OH is 1. The third kappa shape index (κ3) is 4.69. The van der Waals surface area contributed by atoms with Gasteiger partial charge in [0.1, 0.15) is 12.4 Å². The summed E-state index contributed by atoms with van der Waals surface area (Å²) in [6, 6.07) is 0. The number of Topliss-reactive ketones (excluding diaryl/α,β-unsaturated/α-hetero) is 1. The van der Waals surface area contributed by atoms with Gasteiger partial charge in [-0.15, -0.1) is 0 Å². The van der Waals surface area contributed by atoms with Crippen molar-refractivity contribution in [3.8, 4) is 0 Å². The standard InChI is InChI=1S/C13H20O4/c1-2-3-4-10-7-12(15)8-11(10)9-13(16)17-6-5-14/h2-3,10-11,14H,4-9H2,1H3. The molecule has 2 atom stereocenters. The summed E-state index contributed by atoms with van der Waals surface area (Å²) in [7, 11) is 0. The molecule has 0 heterocycles. The Kier molecular flexibility index (Phi) is 5.91. The Morgan fingerprint density at radius 3 is 2.82 bits per heavy atom. The Hall–Kier alpha value is -1.16. The number of rotatable bonds is 6. The molecular formula is C13H20O4. The van der Waals surface area contributed by atoms with Crippen LogP contribution in [-0.4, -0.2) is 30.1 Å². The summed E-state index contributed by atoms with van der Waals surface area (Å²) < 4.78 is 4.82. The van der Waals surface area contributed by atoms with Gasteiger partial charge in [0.2, 0.25) is 0 Å². The lowest BCUT2D eigenvalue weighted by Gasteiger charge is -2.16. The zero-order valence-electron chi connectivity index (χ0n) is 10.2. The van der Waals surface area contributed by atoms with Crippen molar-refractivity contribution in [3.63, 3.8) is 0 Å². The summed E-state index contributed by atoms with van der Waals surface area (Å²) in [5.41, 5.74) is 0. The van der Waals surface area contributed by atoms with E-state index in [1.165, 1.54) is 0 Å². The van der Waals surface area contributed by atoms with Crippen LogP contribution in [0.15, 0.2) is 12.2 Å². The van der Waals surface area contributed by atoms with Gasteiger partial charge >= 0.3 is 5.97 Å². The van der Waals surface area contributed by atoms with E-state index in [-0.39, 0.29) is 43.2 Å². The monoisotopic (exact) mass is 240 g/mol. The smallest absolute Gasteiger partial charge is 0.306 e. The molecule has 0 bridgehead atoms. The highest BCUT2D eigenvalue weighted by atomic mass is 16.5. The van der Waals surface area contributed by atoms with Gasteiger partial charge in [-0.1, -0.05) is 12.2 Å². The summed E-state index contributed by atoms with van der Waals surface area (Å²) in [6.07, 6.45) is 6.19. The van der Waals surface area contributed by atoms with Crippen LogP contribution in [0.2, 0.25) is 0 Å². The average molecular weight is 240 g/mol. The largest absolute Gasteiger partial charge is 0.463 e. The van der Waals surface area contributed by atoms with Gasteiger partial charge in [0.15, 0.2) is 0 Å². The molecule has 2 unspecified atom stereocenters. The normalized spacial score (nSPS) is 24.5. The summed E-state index contributed by atoms with van der Waals surface area (Å²) >= 11 is 0. The number of allylic oxidation sites excluding steroid dienone is 2. The molecule has 0 spiro atoms. The van der Waals surface area contributed by atoms with Gasteiger partial charge < -0.3 is 9.84 Å². The first-order chi connectivity index (χ1) is 8.17. The van der Waals surface area contributed by atoms with E-state index < -0.39 is 0 Å². The van der Waals surface area contributed by atoms with E-state index in [1.54, 1.807) is 0 Å². The Morgan fingerprint density at radius 2 is 2.18 bits per heavy atom. The maximum atomic E-state index is 11.4. The number of ether oxygens (including phenoxy) is 1. The van der Waals surface area contributed by atoms with E-state index in [0.717, 1.165) is 6.42 Å². The summed E-state index contributed by atoms with van der Waals surface area (Å²) in [6.45, 7) is 1.83. The number of aliphatic hydroxyl groups is 1. The fourth-order valence-corrected chi connectivity index (χ4v) is 2.26. The molecular weight excluding hydrogens is 220 g/mol. The minimum atomic E-state index is -0.316. The molecule has 0 amide bonds. The number of carbonyl (C=O) groups excluding carboxylic acids is 2. The Morgan fingerprint density at radius 1 is 1.47 bits per heavy atom. The van der Waals surface area contributed by atoms with Crippen molar-refractivity contribution >= 4 is 11.8 Å². The van der Waals surface area contributed by atoms with Crippen molar-refractivity contribution in [2.24, 2.45) is 11.8 Å². The fourth-order valence-electron chi connectivity index (χ4n) is 2.26. The van der Waals surface area contributed by atoms with Gasteiger partial charge in [0.25, 0.3) is 0 Å². The van der Waals surface area contributed by atoms with Crippen LogP contribution < -0.4 is 0 Å². The molecule has 17 heavy (non-hydrogen) atoms. The maximum Gasteiger partial charge on any atom is 0.306 e. The van der Waals surface area contributed by atoms with E-state index in [2.05, 4.69) is 0 Å². The topological polar surface area (TPSA) is 63.6 Å². The van der Waals surface area contributed by atoms with E-state index in [4.69, 9.17) is 9.84 Å². The fraction of sp³-hybridized carbons (Fsp3) is 0.692. The second-order valence-electron chi connectivity index (χ2n) is 4.42. The molecule has 0 aromatic rings. The van der Waals surface area contributed by atoms with Crippen LogP contribution in [0.4, 0.5) is 0 Å². The van der Waals surface area contributed by atoms with E-state index in [0.29, 0.717) is 12.8 Å². The molecule has 0 aliphatic heterocycles. The quantitative estimate of drug-likeness (QED) is 0.564. The summed E-state index contributed by atoms with van der Waals surface area (Å²) in [5, 5.41) is 8.55. The Labute approximate surface area is 102 Å². The highest BCUT2D eigenvalue weighted by Crippen LogP contribution is 2.34. The SMILES string of the molecule is CC=CCC1CC(=O)CC1CC(=O)OCCO. The number of ketones is 1. The van der Waals surface area contributed by atoms with Crippen molar-refractivity contribution in [2.45, 2.75) is 32.6 Å². The molecule has 1 N–H and O–H groups in total. The zero-order valence-corrected chi connectivity index (χ0v) is 10.2. The molecule has 96 valence electrons. The predicted molar refractivity (Wildman–Crippen MR) is 63.3 cm³/mol. The lowest BCUT2D eigenvalue weighted by molar-refractivity contribution is -0.146. The average Bonchev–Trinajstić information content (AvgIpc) is 2.64. The number of carbonyl (C=O) groups is 2. The Bertz CT molecular complexity index is 296. The molecule has 4 nitrogen and oxygen atoms in total. The number of hydrogen-bond donors (Lipinski definition) is 1. The lowest BCUT2D eigenvalue weighted by Crippen LogP contribution is -2.16. The number of hydrogen-bond acceptors (Lipinski definition) is 4. The van der Waals surface area contributed by atoms with Gasteiger partial charge in [0.05, 0.1) is 6.61 Å². The lowest BCUT2D eigenvalue weighted by atomic mass is 9.90. The maximum absolute atomic E-state index is 11.4. The first kappa shape index (κ1) is 13.9. The predicted octanol–water partition coefficient (Wildman–Crippen LogP) is 1.47. The summed E-state index contributed by atoms with van der Waals surface area (Å²) in [4.78, 5) is 22.8. The van der Waals surface area contributed by atoms with Gasteiger partial charge in [-0.25, -0.2) is 0 Å². The first-order valence-electron chi connectivity index (χ1n) is 6.06. The van der Waals surface area contributed by atoms with E-state index in [9.17, 15) is 9.59 Å². The van der Waals surface area contributed by atoms with Crippen LogP contribution in [0.5, 0.6) is 0 Å². The molecule has 1 aliphatic rings. The van der Waals surface area contributed by atoms with Crippen molar-refractivity contribution < 1.29 is 19.4 Å². The third-order valence-electron chi connectivity index (χ3n) is 3.10. The van der Waals surface area contributed by atoms with Crippen LogP contribution >= 0.6 is 0 Å². The molecule has 0 saturated heterocycles. The third-order valence-corrected chi connectivity index (χ3v) is 3.10. The number of esters is 1. The zero-order chi connectivity index (χ0) is 12.7. The highest BCUT2D eigenvalue weighted by molar-refractivity contribution is 5.82. The molecule has 4 heteroatoms. The highest BCUT2D eigenvalue weighted by Gasteiger charge is 2.33. The van der Waals surface area contributed by atoms with Gasteiger partial charge in [-0.05, 0) is 25.2 Å². The van der Waals surface area contributed by atoms with Gasteiger partial charge in [-0.2, -0.15) is 0 Å². The van der Waals surface area contributed by atoms with Crippen molar-refractivity contribution in [2.75, 3.05) is 13.2 Å². The minimum absolute atomic E-state index is 0.0407. The molecule has 0 aromatic heterocycles. The molecule has 1 fully saturated rings. The first-order valence-corrected chi connectivity index (χ1v) is 6.06. The van der Waals surface area contributed by atoms with Gasteiger partial charge in [0, 0.05) is 19.3 Å². The molecule has 1 saturated carbocycles. The van der Waals surface area contributed by atoms with Crippen molar-refractivity contribution in [3.05, 3.63) is 12.2 Å². The van der Waals surface area contributed by atoms with Crippen molar-refractivity contribution in [1.82, 2.24) is 0 Å².